The number of nitrogens with one attached hydrogen (secondary N) is 2. The van der Waals surface area contributed by atoms with E-state index in [9.17, 15) is 9.59 Å². The number of rotatable bonds is 7. The van der Waals surface area contributed by atoms with Crippen molar-refractivity contribution < 1.29 is 14.3 Å². The molecule has 0 heterocycles. The molecule has 0 bridgehead atoms. The van der Waals surface area contributed by atoms with Gasteiger partial charge in [0.1, 0.15) is 5.75 Å². The first-order valence-corrected chi connectivity index (χ1v) is 7.95. The van der Waals surface area contributed by atoms with Crippen LogP contribution in [0.15, 0.2) is 64.2 Å². The van der Waals surface area contributed by atoms with E-state index in [0.29, 0.717) is 5.75 Å². The van der Waals surface area contributed by atoms with Crippen LogP contribution in [-0.2, 0) is 9.59 Å². The van der Waals surface area contributed by atoms with Crippen molar-refractivity contribution in [3.63, 3.8) is 0 Å². The van der Waals surface area contributed by atoms with E-state index in [0.717, 1.165) is 10.0 Å². The Bertz CT molecular complexity index is 703. The third kappa shape index (κ3) is 6.62. The second-order valence-corrected chi connectivity index (χ2v) is 5.64. The topological polar surface area (TPSA) is 79.8 Å². The van der Waals surface area contributed by atoms with Crippen LogP contribution in [0.4, 0.5) is 0 Å². The molecule has 2 aromatic carbocycles. The predicted octanol–water partition coefficient (Wildman–Crippen LogP) is 2.09. The molecule has 0 unspecified atom stereocenters. The van der Waals surface area contributed by atoms with Gasteiger partial charge in [-0.3, -0.25) is 9.59 Å². The molecule has 0 aliphatic carbocycles. The first-order chi connectivity index (χ1) is 11.6. The van der Waals surface area contributed by atoms with Crippen molar-refractivity contribution in [2.75, 3.05) is 13.2 Å². The lowest BCUT2D eigenvalue weighted by Crippen LogP contribution is -2.37. The van der Waals surface area contributed by atoms with Crippen LogP contribution in [0.25, 0.3) is 0 Å². The van der Waals surface area contributed by atoms with Crippen molar-refractivity contribution in [1.29, 1.82) is 0 Å². The molecule has 0 spiro atoms. The Morgan fingerprint density at radius 3 is 2.46 bits per heavy atom. The Labute approximate surface area is 148 Å². The summed E-state index contributed by atoms with van der Waals surface area (Å²) in [6.07, 6.45) is 1.52. The molecule has 2 aromatic rings. The second-order valence-electron chi connectivity index (χ2n) is 4.72. The Morgan fingerprint density at radius 1 is 1.04 bits per heavy atom. The van der Waals surface area contributed by atoms with Crippen LogP contribution in [0.2, 0.25) is 0 Å². The van der Waals surface area contributed by atoms with Gasteiger partial charge in [-0.25, -0.2) is 5.43 Å². The van der Waals surface area contributed by atoms with Crippen LogP contribution in [0.5, 0.6) is 5.75 Å². The smallest absolute Gasteiger partial charge is 0.259 e. The number of carbonyl (C=O) groups is 2. The number of ether oxygens (including phenoxy) is 1. The van der Waals surface area contributed by atoms with Crippen LogP contribution in [0, 0.1) is 0 Å². The molecule has 0 saturated carbocycles. The third-order valence-electron chi connectivity index (χ3n) is 2.83. The van der Waals surface area contributed by atoms with Gasteiger partial charge in [-0.2, -0.15) is 5.10 Å². The highest BCUT2D eigenvalue weighted by Gasteiger charge is 2.05. The molecule has 0 aliphatic rings. The van der Waals surface area contributed by atoms with Gasteiger partial charge in [-0.05, 0) is 29.8 Å². The SMILES string of the molecule is O=C(COc1ccccc1)NCC(=O)N/N=C/c1ccc(Br)cc1. The molecule has 2 amide bonds. The Balaban J connectivity index is 1.65. The minimum absolute atomic E-state index is 0.153. The van der Waals surface area contributed by atoms with Crippen molar-refractivity contribution in [1.82, 2.24) is 10.7 Å². The molecule has 124 valence electrons. The predicted molar refractivity (Wildman–Crippen MR) is 94.8 cm³/mol. The second kappa shape index (κ2) is 9.46. The quantitative estimate of drug-likeness (QED) is 0.561. The lowest BCUT2D eigenvalue weighted by molar-refractivity contribution is -0.127. The summed E-state index contributed by atoms with van der Waals surface area (Å²) in [5.74, 6) is -0.210. The zero-order valence-corrected chi connectivity index (χ0v) is 14.3. The largest absolute Gasteiger partial charge is 0.484 e. The highest BCUT2D eigenvalue weighted by atomic mass is 79.9. The summed E-state index contributed by atoms with van der Waals surface area (Å²) < 4.78 is 6.23. The molecule has 0 aliphatic heterocycles. The van der Waals surface area contributed by atoms with Crippen LogP contribution >= 0.6 is 15.9 Å². The molecule has 0 fully saturated rings. The molecular weight excluding hydrogens is 374 g/mol. The standard InChI is InChI=1S/C17H16BrN3O3/c18-14-8-6-13(7-9-14)10-20-21-16(22)11-19-17(23)12-24-15-4-2-1-3-5-15/h1-10H,11-12H2,(H,19,23)(H,21,22)/b20-10+. The molecule has 2 rings (SSSR count). The number of halogens is 1. The minimum atomic E-state index is -0.420. The minimum Gasteiger partial charge on any atom is -0.484 e. The van der Waals surface area contributed by atoms with Gasteiger partial charge >= 0.3 is 0 Å². The lowest BCUT2D eigenvalue weighted by atomic mass is 10.2. The van der Waals surface area contributed by atoms with E-state index < -0.39 is 5.91 Å². The van der Waals surface area contributed by atoms with Gasteiger partial charge in [0.05, 0.1) is 12.8 Å². The number of hydrazone groups is 1. The lowest BCUT2D eigenvalue weighted by Gasteiger charge is -2.06. The first-order valence-electron chi connectivity index (χ1n) is 7.15. The summed E-state index contributed by atoms with van der Waals surface area (Å²) in [5, 5.41) is 6.27. The van der Waals surface area contributed by atoms with Gasteiger partial charge in [0.25, 0.3) is 11.8 Å². The maximum atomic E-state index is 11.6. The number of hydrogen-bond acceptors (Lipinski definition) is 4. The summed E-state index contributed by atoms with van der Waals surface area (Å²) in [6, 6.07) is 16.4. The number of amides is 2. The van der Waals surface area contributed by atoms with Crippen LogP contribution < -0.4 is 15.5 Å². The van der Waals surface area contributed by atoms with Gasteiger partial charge in [0.2, 0.25) is 0 Å². The van der Waals surface area contributed by atoms with Crippen LogP contribution in [0.3, 0.4) is 0 Å². The summed E-state index contributed by atoms with van der Waals surface area (Å²) >= 11 is 3.33. The van der Waals surface area contributed by atoms with E-state index in [1.165, 1.54) is 6.21 Å². The number of hydrogen-bond donors (Lipinski definition) is 2. The van der Waals surface area contributed by atoms with Crippen LogP contribution in [-0.4, -0.2) is 31.2 Å². The fourth-order valence-electron chi connectivity index (χ4n) is 1.66. The molecule has 2 N–H and O–H groups in total. The summed E-state index contributed by atoms with van der Waals surface area (Å²) in [7, 11) is 0. The zero-order chi connectivity index (χ0) is 17.2. The van der Waals surface area contributed by atoms with Gasteiger partial charge in [0.15, 0.2) is 6.61 Å². The third-order valence-corrected chi connectivity index (χ3v) is 3.36. The Hall–Kier alpha value is -2.67. The monoisotopic (exact) mass is 389 g/mol. The molecule has 0 radical (unpaired) electrons. The van der Waals surface area contributed by atoms with Crippen molar-refractivity contribution in [3.05, 3.63) is 64.6 Å². The maximum absolute atomic E-state index is 11.6. The molecule has 0 aromatic heterocycles. The zero-order valence-electron chi connectivity index (χ0n) is 12.7. The molecule has 0 atom stereocenters. The van der Waals surface area contributed by atoms with Crippen molar-refractivity contribution in [3.8, 4) is 5.75 Å². The van der Waals surface area contributed by atoms with Crippen molar-refractivity contribution >= 4 is 34.0 Å². The Morgan fingerprint density at radius 2 is 1.75 bits per heavy atom. The van der Waals surface area contributed by atoms with Crippen molar-refractivity contribution in [2.45, 2.75) is 0 Å². The molecule has 24 heavy (non-hydrogen) atoms. The number of carbonyl (C=O) groups excluding carboxylic acids is 2. The van der Waals surface area contributed by atoms with E-state index in [4.69, 9.17) is 4.74 Å². The van der Waals surface area contributed by atoms with E-state index in [1.807, 2.05) is 42.5 Å². The average Bonchev–Trinajstić information content (AvgIpc) is 2.61. The molecule has 7 heteroatoms. The molecular formula is C17H16BrN3O3. The summed E-state index contributed by atoms with van der Waals surface area (Å²) in [6.45, 7) is -0.325. The highest BCUT2D eigenvalue weighted by Crippen LogP contribution is 2.09. The van der Waals surface area contributed by atoms with Gasteiger partial charge in [-0.1, -0.05) is 46.3 Å². The van der Waals surface area contributed by atoms with Crippen molar-refractivity contribution in [2.24, 2.45) is 5.10 Å². The van der Waals surface area contributed by atoms with Gasteiger partial charge in [-0.15, -0.1) is 0 Å². The summed E-state index contributed by atoms with van der Waals surface area (Å²) in [5.41, 5.74) is 3.18. The first kappa shape index (κ1) is 17.7. The van der Waals surface area contributed by atoms with Gasteiger partial charge < -0.3 is 10.1 Å². The van der Waals surface area contributed by atoms with Gasteiger partial charge in [0, 0.05) is 4.47 Å². The normalized spacial score (nSPS) is 10.4. The molecule has 6 nitrogen and oxygen atoms in total. The summed E-state index contributed by atoms with van der Waals surface area (Å²) in [4.78, 5) is 23.2. The fraction of sp³-hybridized carbons (Fsp3) is 0.118. The highest BCUT2D eigenvalue weighted by molar-refractivity contribution is 9.10. The fourth-order valence-corrected chi connectivity index (χ4v) is 1.93. The number of nitrogens with zero attached hydrogens (tertiary/aromatic N) is 1. The maximum Gasteiger partial charge on any atom is 0.259 e. The number of para-hydroxylation sites is 1. The Kier molecular flexibility index (Phi) is 6.97. The van der Waals surface area contributed by atoms with E-state index >= 15 is 0 Å². The number of benzene rings is 2. The van der Waals surface area contributed by atoms with Crippen LogP contribution in [0.1, 0.15) is 5.56 Å². The molecule has 0 saturated heterocycles. The average molecular weight is 390 g/mol. The van der Waals surface area contributed by atoms with E-state index in [1.54, 1.807) is 12.1 Å². The van der Waals surface area contributed by atoms with E-state index in [2.05, 4.69) is 31.8 Å². The van der Waals surface area contributed by atoms with E-state index in [-0.39, 0.29) is 19.1 Å².